The average Bonchev–Trinajstić information content (AvgIpc) is 2.39. The van der Waals surface area contributed by atoms with Crippen molar-refractivity contribution in [2.24, 2.45) is 0 Å². The predicted octanol–water partition coefficient (Wildman–Crippen LogP) is 3.40. The SMILES string of the molecule is Cc1cc(C)cc(N(C)CCOc2ccccc2N)c1. The number of nitrogens with two attached hydrogens (primary N) is 1. The van der Waals surface area contributed by atoms with E-state index < -0.39 is 0 Å². The Kier molecular flexibility index (Phi) is 4.51. The zero-order valence-electron chi connectivity index (χ0n) is 12.4. The first-order valence-corrected chi connectivity index (χ1v) is 6.83. The molecule has 0 spiro atoms. The third-order valence-corrected chi connectivity index (χ3v) is 3.25. The lowest BCUT2D eigenvalue weighted by molar-refractivity contribution is 0.327. The molecule has 20 heavy (non-hydrogen) atoms. The third-order valence-electron chi connectivity index (χ3n) is 3.25. The summed E-state index contributed by atoms with van der Waals surface area (Å²) in [4.78, 5) is 2.19. The summed E-state index contributed by atoms with van der Waals surface area (Å²) in [5.41, 5.74) is 10.3. The van der Waals surface area contributed by atoms with Gasteiger partial charge in [0, 0.05) is 12.7 Å². The van der Waals surface area contributed by atoms with Gasteiger partial charge in [0.1, 0.15) is 12.4 Å². The number of likely N-dealkylation sites (N-methyl/N-ethyl adjacent to an activating group) is 1. The van der Waals surface area contributed by atoms with Gasteiger partial charge in [-0.1, -0.05) is 18.2 Å². The second-order valence-electron chi connectivity index (χ2n) is 5.15. The van der Waals surface area contributed by atoms with Crippen LogP contribution in [0.2, 0.25) is 0 Å². The Balaban J connectivity index is 1.92. The van der Waals surface area contributed by atoms with E-state index in [2.05, 4.69) is 44.0 Å². The molecule has 3 nitrogen and oxygen atoms in total. The van der Waals surface area contributed by atoms with E-state index in [1.165, 1.54) is 16.8 Å². The Morgan fingerprint density at radius 1 is 1.05 bits per heavy atom. The molecule has 2 aromatic rings. The number of anilines is 2. The summed E-state index contributed by atoms with van der Waals surface area (Å²) in [6.07, 6.45) is 0. The third kappa shape index (κ3) is 3.67. The highest BCUT2D eigenvalue weighted by Gasteiger charge is 2.04. The molecule has 0 fully saturated rings. The molecule has 0 unspecified atom stereocenters. The molecule has 2 N–H and O–H groups in total. The molecule has 0 amide bonds. The number of para-hydroxylation sites is 2. The Hall–Kier alpha value is -2.16. The number of aryl methyl sites for hydroxylation is 2. The van der Waals surface area contributed by atoms with Gasteiger partial charge in [-0.05, 0) is 49.2 Å². The van der Waals surface area contributed by atoms with Gasteiger partial charge in [-0.25, -0.2) is 0 Å². The Labute approximate surface area is 121 Å². The molecule has 3 heteroatoms. The summed E-state index contributed by atoms with van der Waals surface area (Å²) in [6, 6.07) is 14.1. The molecule has 0 aliphatic rings. The van der Waals surface area contributed by atoms with E-state index in [0.29, 0.717) is 12.3 Å². The van der Waals surface area contributed by atoms with Crippen LogP contribution in [0.4, 0.5) is 11.4 Å². The summed E-state index contributed by atoms with van der Waals surface area (Å²) in [7, 11) is 2.08. The first-order valence-electron chi connectivity index (χ1n) is 6.83. The number of hydrogen-bond donors (Lipinski definition) is 1. The second-order valence-corrected chi connectivity index (χ2v) is 5.15. The molecule has 0 aliphatic carbocycles. The minimum absolute atomic E-state index is 0.609. The summed E-state index contributed by atoms with van der Waals surface area (Å²) >= 11 is 0. The molecule has 106 valence electrons. The van der Waals surface area contributed by atoms with Crippen LogP contribution < -0.4 is 15.4 Å². The van der Waals surface area contributed by atoms with Crippen LogP contribution in [0.1, 0.15) is 11.1 Å². The fraction of sp³-hybridized carbons (Fsp3) is 0.294. The fourth-order valence-corrected chi connectivity index (χ4v) is 2.20. The van der Waals surface area contributed by atoms with Crippen LogP contribution in [0.25, 0.3) is 0 Å². The van der Waals surface area contributed by atoms with Crippen molar-refractivity contribution in [3.05, 3.63) is 53.6 Å². The first kappa shape index (κ1) is 14.3. The maximum absolute atomic E-state index is 5.85. The summed E-state index contributed by atoms with van der Waals surface area (Å²) in [5.74, 6) is 0.751. The first-order chi connectivity index (χ1) is 9.56. The van der Waals surface area contributed by atoms with Gasteiger partial charge in [-0.2, -0.15) is 0 Å². The van der Waals surface area contributed by atoms with Crippen molar-refractivity contribution in [2.45, 2.75) is 13.8 Å². The number of nitrogens with zero attached hydrogens (tertiary/aromatic N) is 1. The molecular formula is C17H22N2O. The zero-order chi connectivity index (χ0) is 14.5. The summed E-state index contributed by atoms with van der Waals surface area (Å²) in [6.45, 7) is 5.66. The predicted molar refractivity (Wildman–Crippen MR) is 85.5 cm³/mol. The second kappa shape index (κ2) is 6.33. The van der Waals surface area contributed by atoms with E-state index in [-0.39, 0.29) is 0 Å². The van der Waals surface area contributed by atoms with Gasteiger partial charge in [0.15, 0.2) is 0 Å². The standard InChI is InChI=1S/C17H22N2O/c1-13-10-14(2)12-15(11-13)19(3)8-9-20-17-7-5-4-6-16(17)18/h4-7,10-12H,8-9,18H2,1-3H3. The van der Waals surface area contributed by atoms with E-state index in [0.717, 1.165) is 12.3 Å². The van der Waals surface area contributed by atoms with Crippen LogP contribution in [0.5, 0.6) is 5.75 Å². The molecule has 2 rings (SSSR count). The van der Waals surface area contributed by atoms with Crippen LogP contribution in [-0.2, 0) is 0 Å². The quantitative estimate of drug-likeness (QED) is 0.846. The van der Waals surface area contributed by atoms with Crippen LogP contribution in [-0.4, -0.2) is 20.2 Å². The van der Waals surface area contributed by atoms with E-state index in [1.54, 1.807) is 0 Å². The number of ether oxygens (including phenoxy) is 1. The molecule has 0 saturated heterocycles. The van der Waals surface area contributed by atoms with Crippen molar-refractivity contribution in [3.8, 4) is 5.75 Å². The van der Waals surface area contributed by atoms with Gasteiger partial charge in [-0.15, -0.1) is 0 Å². The maximum Gasteiger partial charge on any atom is 0.142 e. The molecule has 2 aromatic carbocycles. The zero-order valence-corrected chi connectivity index (χ0v) is 12.4. The van der Waals surface area contributed by atoms with Gasteiger partial charge < -0.3 is 15.4 Å². The number of hydrogen-bond acceptors (Lipinski definition) is 3. The highest BCUT2D eigenvalue weighted by Crippen LogP contribution is 2.20. The van der Waals surface area contributed by atoms with Gasteiger partial charge in [0.2, 0.25) is 0 Å². The fourth-order valence-electron chi connectivity index (χ4n) is 2.20. The van der Waals surface area contributed by atoms with E-state index >= 15 is 0 Å². The topological polar surface area (TPSA) is 38.5 Å². The monoisotopic (exact) mass is 270 g/mol. The summed E-state index contributed by atoms with van der Waals surface area (Å²) in [5, 5.41) is 0. The molecule has 0 atom stereocenters. The molecule has 0 bridgehead atoms. The smallest absolute Gasteiger partial charge is 0.142 e. The molecule has 0 radical (unpaired) electrons. The molecule has 0 saturated carbocycles. The highest BCUT2D eigenvalue weighted by atomic mass is 16.5. The van der Waals surface area contributed by atoms with Crippen molar-refractivity contribution in [1.82, 2.24) is 0 Å². The van der Waals surface area contributed by atoms with Crippen LogP contribution in [0.15, 0.2) is 42.5 Å². The van der Waals surface area contributed by atoms with Crippen LogP contribution in [0.3, 0.4) is 0 Å². The largest absolute Gasteiger partial charge is 0.490 e. The maximum atomic E-state index is 5.85. The van der Waals surface area contributed by atoms with E-state index in [9.17, 15) is 0 Å². The molecule has 0 heterocycles. The van der Waals surface area contributed by atoms with Crippen molar-refractivity contribution >= 4 is 11.4 Å². The normalized spacial score (nSPS) is 10.3. The Morgan fingerprint density at radius 3 is 2.35 bits per heavy atom. The van der Waals surface area contributed by atoms with Gasteiger partial charge in [-0.3, -0.25) is 0 Å². The lowest BCUT2D eigenvalue weighted by atomic mass is 10.1. The van der Waals surface area contributed by atoms with Crippen LogP contribution >= 0.6 is 0 Å². The van der Waals surface area contributed by atoms with E-state index in [4.69, 9.17) is 10.5 Å². The number of nitrogen functional groups attached to an aromatic ring is 1. The molecule has 0 aliphatic heterocycles. The lowest BCUT2D eigenvalue weighted by Crippen LogP contribution is -2.24. The summed E-state index contributed by atoms with van der Waals surface area (Å²) < 4.78 is 5.72. The molecular weight excluding hydrogens is 248 g/mol. The molecule has 0 aromatic heterocycles. The van der Waals surface area contributed by atoms with Crippen LogP contribution in [0, 0.1) is 13.8 Å². The van der Waals surface area contributed by atoms with Crippen molar-refractivity contribution in [2.75, 3.05) is 30.8 Å². The Morgan fingerprint density at radius 2 is 1.70 bits per heavy atom. The van der Waals surface area contributed by atoms with Crippen molar-refractivity contribution in [1.29, 1.82) is 0 Å². The van der Waals surface area contributed by atoms with Gasteiger partial charge in [0.25, 0.3) is 0 Å². The van der Waals surface area contributed by atoms with E-state index in [1.807, 2.05) is 24.3 Å². The van der Waals surface area contributed by atoms with Crippen molar-refractivity contribution in [3.63, 3.8) is 0 Å². The highest BCUT2D eigenvalue weighted by molar-refractivity contribution is 5.52. The van der Waals surface area contributed by atoms with Crippen molar-refractivity contribution < 1.29 is 4.74 Å². The Bertz CT molecular complexity index is 561. The minimum atomic E-state index is 0.609. The van der Waals surface area contributed by atoms with Gasteiger partial charge >= 0.3 is 0 Å². The number of benzene rings is 2. The van der Waals surface area contributed by atoms with Gasteiger partial charge in [0.05, 0.1) is 12.2 Å². The number of rotatable bonds is 5. The lowest BCUT2D eigenvalue weighted by Gasteiger charge is -2.21. The average molecular weight is 270 g/mol. The minimum Gasteiger partial charge on any atom is -0.490 e.